The molecular weight excluding hydrogens is 288 g/mol. The van der Waals surface area contributed by atoms with Crippen molar-refractivity contribution in [3.8, 4) is 0 Å². The van der Waals surface area contributed by atoms with Gasteiger partial charge >= 0.3 is 0 Å². The van der Waals surface area contributed by atoms with Gasteiger partial charge in [-0.2, -0.15) is 4.31 Å². The van der Waals surface area contributed by atoms with Gasteiger partial charge in [0.2, 0.25) is 10.0 Å². The third kappa shape index (κ3) is 3.85. The second-order valence-electron chi connectivity index (χ2n) is 5.68. The van der Waals surface area contributed by atoms with Crippen LogP contribution >= 0.6 is 0 Å². The normalized spacial score (nSPS) is 17.0. The molecule has 1 N–H and O–H groups in total. The van der Waals surface area contributed by atoms with Crippen LogP contribution in [0, 0.1) is 0 Å². The molecule has 1 saturated heterocycles. The van der Waals surface area contributed by atoms with Gasteiger partial charge in [0.05, 0.1) is 0 Å². The predicted octanol–water partition coefficient (Wildman–Crippen LogP) is 0.461. The van der Waals surface area contributed by atoms with Crippen molar-refractivity contribution in [3.63, 3.8) is 0 Å². The first-order valence-electron chi connectivity index (χ1n) is 7.43. The highest BCUT2D eigenvalue weighted by Gasteiger charge is 2.23. The zero-order chi connectivity index (χ0) is 15.5. The molecule has 6 nitrogen and oxygen atoms in total. The molecule has 1 aromatic heterocycles. The molecule has 0 unspecified atom stereocenters. The Labute approximate surface area is 127 Å². The van der Waals surface area contributed by atoms with Crippen molar-refractivity contribution in [1.82, 2.24) is 19.1 Å². The molecule has 0 bridgehead atoms. The van der Waals surface area contributed by atoms with Gasteiger partial charge in [-0.1, -0.05) is 0 Å². The Bertz CT molecular complexity index is 562. The van der Waals surface area contributed by atoms with Crippen LogP contribution in [0.4, 0.5) is 0 Å². The molecule has 0 spiro atoms. The average Bonchev–Trinajstić information content (AvgIpc) is 3.07. The molecule has 0 saturated carbocycles. The van der Waals surface area contributed by atoms with Gasteiger partial charge in [0.25, 0.3) is 0 Å². The summed E-state index contributed by atoms with van der Waals surface area (Å²) in [7, 11) is 1.99. The van der Waals surface area contributed by atoms with E-state index < -0.39 is 10.0 Å². The third-order valence-corrected chi connectivity index (χ3v) is 5.90. The zero-order valence-corrected chi connectivity index (χ0v) is 14.0. The summed E-state index contributed by atoms with van der Waals surface area (Å²) in [6.07, 6.45) is 4.14. The van der Waals surface area contributed by atoms with E-state index in [0.29, 0.717) is 18.0 Å². The Balaban J connectivity index is 2.03. The topological polar surface area (TPSA) is 57.6 Å². The zero-order valence-electron chi connectivity index (χ0n) is 13.2. The minimum Gasteiger partial charge on any atom is -0.352 e. The molecule has 0 radical (unpaired) electrons. The molecule has 2 heterocycles. The van der Waals surface area contributed by atoms with Gasteiger partial charge in [0, 0.05) is 45.6 Å². The van der Waals surface area contributed by atoms with Gasteiger partial charge < -0.3 is 14.8 Å². The van der Waals surface area contributed by atoms with Crippen LogP contribution in [-0.2, 0) is 23.6 Å². The summed E-state index contributed by atoms with van der Waals surface area (Å²) in [5, 5.41) is 3.05. The van der Waals surface area contributed by atoms with E-state index in [2.05, 4.69) is 10.2 Å². The fourth-order valence-corrected chi connectivity index (χ4v) is 3.92. The Morgan fingerprint density at radius 2 is 2.00 bits per heavy atom. The monoisotopic (exact) mass is 314 g/mol. The lowest BCUT2D eigenvalue weighted by Gasteiger charge is -2.20. The number of rotatable bonds is 7. The number of sulfonamides is 1. The largest absolute Gasteiger partial charge is 0.352 e. The maximum atomic E-state index is 12.6. The second kappa shape index (κ2) is 6.91. The van der Waals surface area contributed by atoms with E-state index in [1.807, 2.05) is 18.7 Å². The average molecular weight is 314 g/mol. The van der Waals surface area contributed by atoms with Crippen molar-refractivity contribution in [1.29, 1.82) is 0 Å². The van der Waals surface area contributed by atoms with Gasteiger partial charge in [0.15, 0.2) is 0 Å². The number of nitrogens with one attached hydrogen (secondary N) is 1. The first-order valence-corrected chi connectivity index (χ1v) is 8.87. The minimum absolute atomic E-state index is 0.374. The predicted molar refractivity (Wildman–Crippen MR) is 83.7 cm³/mol. The molecule has 0 aliphatic carbocycles. The van der Waals surface area contributed by atoms with E-state index in [4.69, 9.17) is 0 Å². The lowest BCUT2D eigenvalue weighted by molar-refractivity contribution is 0.310. The molecule has 2 rings (SSSR count). The Morgan fingerprint density at radius 3 is 2.62 bits per heavy atom. The number of nitrogens with zero attached hydrogens (tertiary/aromatic N) is 3. The molecule has 1 fully saturated rings. The molecular formula is C14H26N4O2S. The highest BCUT2D eigenvalue weighted by Crippen LogP contribution is 2.18. The van der Waals surface area contributed by atoms with Gasteiger partial charge in [-0.25, -0.2) is 8.42 Å². The van der Waals surface area contributed by atoms with Gasteiger partial charge in [-0.05, 0) is 39.0 Å². The Kier molecular flexibility index (Phi) is 5.43. The molecule has 0 aromatic carbocycles. The molecule has 120 valence electrons. The van der Waals surface area contributed by atoms with E-state index in [9.17, 15) is 8.42 Å². The number of likely N-dealkylation sites (N-methyl/N-ethyl adjacent to an activating group) is 1. The van der Waals surface area contributed by atoms with Crippen LogP contribution in [0.15, 0.2) is 17.2 Å². The number of aromatic nitrogens is 1. The summed E-state index contributed by atoms with van der Waals surface area (Å²) >= 11 is 0. The second-order valence-corrected chi connectivity index (χ2v) is 7.73. The molecule has 21 heavy (non-hydrogen) atoms. The summed E-state index contributed by atoms with van der Waals surface area (Å²) in [6.45, 7) is 4.19. The van der Waals surface area contributed by atoms with Crippen molar-refractivity contribution in [2.24, 2.45) is 7.05 Å². The Morgan fingerprint density at radius 1 is 1.33 bits per heavy atom. The van der Waals surface area contributed by atoms with Crippen molar-refractivity contribution in [2.45, 2.75) is 24.3 Å². The quantitative estimate of drug-likeness (QED) is 0.794. The lowest BCUT2D eigenvalue weighted by atomic mass is 10.4. The number of hydrogen-bond acceptors (Lipinski definition) is 4. The molecule has 1 aliphatic heterocycles. The van der Waals surface area contributed by atoms with Crippen LogP contribution in [0.1, 0.15) is 18.5 Å². The van der Waals surface area contributed by atoms with Gasteiger partial charge in [-0.15, -0.1) is 0 Å². The van der Waals surface area contributed by atoms with Crippen LogP contribution in [0.3, 0.4) is 0 Å². The van der Waals surface area contributed by atoms with Crippen LogP contribution in [0.25, 0.3) is 0 Å². The van der Waals surface area contributed by atoms with Crippen LogP contribution in [0.5, 0.6) is 0 Å². The van der Waals surface area contributed by atoms with E-state index >= 15 is 0 Å². The van der Waals surface area contributed by atoms with Crippen molar-refractivity contribution in [2.75, 3.05) is 40.3 Å². The standard InChI is InChI=1S/C14H26N4O2S/c1-15-11-13-10-14(12-16(13)2)21(19,20)17(3)8-9-18-6-4-5-7-18/h10,12,15H,4-9,11H2,1-3H3. The summed E-state index contributed by atoms with van der Waals surface area (Å²) in [4.78, 5) is 2.70. The first-order chi connectivity index (χ1) is 9.95. The molecule has 1 aromatic rings. The molecule has 1 aliphatic rings. The number of hydrogen-bond donors (Lipinski definition) is 1. The Hall–Kier alpha value is -0.890. The van der Waals surface area contributed by atoms with Crippen molar-refractivity contribution >= 4 is 10.0 Å². The fraction of sp³-hybridized carbons (Fsp3) is 0.714. The van der Waals surface area contributed by atoms with Crippen molar-refractivity contribution in [3.05, 3.63) is 18.0 Å². The minimum atomic E-state index is -3.39. The smallest absolute Gasteiger partial charge is 0.244 e. The lowest BCUT2D eigenvalue weighted by Crippen LogP contribution is -2.35. The first kappa shape index (κ1) is 16.5. The van der Waals surface area contributed by atoms with E-state index in [0.717, 1.165) is 25.3 Å². The molecule has 0 amide bonds. The molecule has 7 heteroatoms. The van der Waals surface area contributed by atoms with Crippen LogP contribution in [0.2, 0.25) is 0 Å². The summed E-state index contributed by atoms with van der Waals surface area (Å²) in [5.74, 6) is 0. The summed E-state index contributed by atoms with van der Waals surface area (Å²) < 4.78 is 28.5. The van der Waals surface area contributed by atoms with Gasteiger partial charge in [0.1, 0.15) is 4.90 Å². The van der Waals surface area contributed by atoms with Crippen molar-refractivity contribution < 1.29 is 8.42 Å². The summed E-state index contributed by atoms with van der Waals surface area (Å²) in [6, 6.07) is 1.75. The van der Waals surface area contributed by atoms with Crippen LogP contribution < -0.4 is 5.32 Å². The number of likely N-dealkylation sites (tertiary alicyclic amines) is 1. The fourth-order valence-electron chi connectivity index (χ4n) is 2.66. The maximum absolute atomic E-state index is 12.6. The van der Waals surface area contributed by atoms with Crippen LogP contribution in [-0.4, -0.2) is 62.5 Å². The maximum Gasteiger partial charge on any atom is 0.244 e. The van der Waals surface area contributed by atoms with E-state index in [1.165, 1.54) is 17.1 Å². The third-order valence-electron chi connectivity index (χ3n) is 4.08. The highest BCUT2D eigenvalue weighted by atomic mass is 32.2. The SMILES string of the molecule is CNCc1cc(S(=O)(=O)N(C)CCN2CCCC2)cn1C. The van der Waals surface area contributed by atoms with Gasteiger partial charge in [-0.3, -0.25) is 0 Å². The number of aryl methyl sites for hydroxylation is 1. The highest BCUT2D eigenvalue weighted by molar-refractivity contribution is 7.89. The van der Waals surface area contributed by atoms with E-state index in [1.54, 1.807) is 19.3 Å². The molecule has 0 atom stereocenters. The van der Waals surface area contributed by atoms with E-state index in [-0.39, 0.29) is 0 Å². The summed E-state index contributed by atoms with van der Waals surface area (Å²) in [5.41, 5.74) is 0.962.